The maximum atomic E-state index is 5.90. The molecule has 0 unspecified atom stereocenters. The highest BCUT2D eigenvalue weighted by molar-refractivity contribution is 5.32. The van der Waals surface area contributed by atoms with Gasteiger partial charge in [0.1, 0.15) is 0 Å². The van der Waals surface area contributed by atoms with Crippen LogP contribution >= 0.6 is 0 Å². The standard InChI is InChI=1S/C19H26N4O/c1-15-16(13-23(21-15)18-5-3-2-4-6-18)11-20-12-19-14-22(9-10-24-19)17-7-8-17/h2-6,13,17,19-20H,7-12,14H2,1H3/t19-/m0/s1. The van der Waals surface area contributed by atoms with Gasteiger partial charge in [-0.3, -0.25) is 4.90 Å². The zero-order chi connectivity index (χ0) is 16.4. The quantitative estimate of drug-likeness (QED) is 0.883. The van der Waals surface area contributed by atoms with E-state index in [9.17, 15) is 0 Å². The van der Waals surface area contributed by atoms with Crippen molar-refractivity contribution in [3.63, 3.8) is 0 Å². The van der Waals surface area contributed by atoms with E-state index in [0.717, 1.165) is 50.2 Å². The molecule has 1 saturated heterocycles. The molecule has 5 nitrogen and oxygen atoms in total. The van der Waals surface area contributed by atoms with Crippen LogP contribution in [0.15, 0.2) is 36.5 Å². The van der Waals surface area contributed by atoms with Gasteiger partial charge in [-0.2, -0.15) is 5.10 Å². The lowest BCUT2D eigenvalue weighted by atomic mass is 10.2. The minimum atomic E-state index is 0.309. The second-order valence-corrected chi connectivity index (χ2v) is 6.87. The van der Waals surface area contributed by atoms with Gasteiger partial charge in [0.2, 0.25) is 0 Å². The zero-order valence-electron chi connectivity index (χ0n) is 14.3. The van der Waals surface area contributed by atoms with Crippen molar-refractivity contribution in [1.29, 1.82) is 0 Å². The van der Waals surface area contributed by atoms with E-state index < -0.39 is 0 Å². The summed E-state index contributed by atoms with van der Waals surface area (Å²) in [6.07, 6.45) is 5.18. The van der Waals surface area contributed by atoms with E-state index in [1.54, 1.807) is 0 Å². The molecule has 0 spiro atoms. The molecule has 2 fully saturated rings. The summed E-state index contributed by atoms with van der Waals surface area (Å²) in [6, 6.07) is 11.1. The number of para-hydroxylation sites is 1. The average molecular weight is 326 g/mol. The van der Waals surface area contributed by atoms with Crippen LogP contribution in [0.2, 0.25) is 0 Å². The summed E-state index contributed by atoms with van der Waals surface area (Å²) >= 11 is 0. The number of benzene rings is 1. The number of nitrogens with one attached hydrogen (secondary N) is 1. The molecule has 1 aliphatic heterocycles. The third-order valence-electron chi connectivity index (χ3n) is 4.94. The molecule has 1 saturated carbocycles. The van der Waals surface area contributed by atoms with Crippen LogP contribution in [-0.4, -0.2) is 53.1 Å². The first kappa shape index (κ1) is 15.8. The predicted octanol–water partition coefficient (Wildman–Crippen LogP) is 2.13. The normalized spacial score (nSPS) is 22.0. The molecule has 1 atom stereocenters. The Kier molecular flexibility index (Phi) is 4.65. The van der Waals surface area contributed by atoms with E-state index in [-0.39, 0.29) is 0 Å². The number of rotatable bonds is 6. The molecule has 1 aromatic carbocycles. The van der Waals surface area contributed by atoms with Crippen LogP contribution in [0.4, 0.5) is 0 Å². The number of aromatic nitrogens is 2. The number of hydrogen-bond acceptors (Lipinski definition) is 4. The molecule has 128 valence electrons. The van der Waals surface area contributed by atoms with Crippen LogP contribution in [0.3, 0.4) is 0 Å². The summed E-state index contributed by atoms with van der Waals surface area (Å²) in [4.78, 5) is 2.59. The van der Waals surface area contributed by atoms with Gasteiger partial charge >= 0.3 is 0 Å². The van der Waals surface area contributed by atoms with Crippen molar-refractivity contribution in [3.8, 4) is 5.69 Å². The third kappa shape index (κ3) is 3.69. The van der Waals surface area contributed by atoms with Crippen molar-refractivity contribution in [2.24, 2.45) is 0 Å². The fourth-order valence-electron chi connectivity index (χ4n) is 3.39. The van der Waals surface area contributed by atoms with Crippen LogP contribution in [0.25, 0.3) is 5.69 Å². The van der Waals surface area contributed by atoms with Crippen LogP contribution in [-0.2, 0) is 11.3 Å². The first-order valence-corrected chi connectivity index (χ1v) is 8.96. The van der Waals surface area contributed by atoms with E-state index in [4.69, 9.17) is 4.74 Å². The van der Waals surface area contributed by atoms with Gasteiger partial charge in [0.25, 0.3) is 0 Å². The van der Waals surface area contributed by atoms with Gasteiger partial charge in [-0.25, -0.2) is 4.68 Å². The first-order chi connectivity index (χ1) is 11.8. The number of aryl methyl sites for hydroxylation is 1. The van der Waals surface area contributed by atoms with Crippen molar-refractivity contribution in [2.45, 2.75) is 38.5 Å². The molecule has 0 amide bonds. The predicted molar refractivity (Wildman–Crippen MR) is 94.3 cm³/mol. The maximum absolute atomic E-state index is 5.90. The zero-order valence-corrected chi connectivity index (χ0v) is 14.3. The molecule has 1 aliphatic carbocycles. The van der Waals surface area contributed by atoms with Crippen molar-refractivity contribution < 1.29 is 4.74 Å². The number of morpholine rings is 1. The van der Waals surface area contributed by atoms with Crippen molar-refractivity contribution >= 4 is 0 Å². The van der Waals surface area contributed by atoms with Gasteiger partial charge in [-0.15, -0.1) is 0 Å². The molecule has 0 bridgehead atoms. The topological polar surface area (TPSA) is 42.3 Å². The lowest BCUT2D eigenvalue weighted by molar-refractivity contribution is -0.0301. The highest BCUT2D eigenvalue weighted by Crippen LogP contribution is 2.28. The Labute approximate surface area is 143 Å². The smallest absolute Gasteiger partial charge is 0.0826 e. The Morgan fingerprint density at radius 3 is 2.88 bits per heavy atom. The van der Waals surface area contributed by atoms with E-state index in [1.807, 2.05) is 22.9 Å². The Morgan fingerprint density at radius 2 is 2.08 bits per heavy atom. The molecule has 2 heterocycles. The molecule has 5 heteroatoms. The largest absolute Gasteiger partial charge is 0.374 e. The Bertz CT molecular complexity index is 665. The molecule has 24 heavy (non-hydrogen) atoms. The van der Waals surface area contributed by atoms with Gasteiger partial charge in [0, 0.05) is 44.0 Å². The molecule has 1 aromatic heterocycles. The third-order valence-corrected chi connectivity index (χ3v) is 4.94. The van der Waals surface area contributed by atoms with E-state index >= 15 is 0 Å². The van der Waals surface area contributed by atoms with Crippen LogP contribution in [0.1, 0.15) is 24.1 Å². The van der Waals surface area contributed by atoms with E-state index in [0.29, 0.717) is 6.10 Å². The first-order valence-electron chi connectivity index (χ1n) is 8.96. The molecular weight excluding hydrogens is 300 g/mol. The second kappa shape index (κ2) is 7.05. The fourth-order valence-corrected chi connectivity index (χ4v) is 3.39. The fraction of sp³-hybridized carbons (Fsp3) is 0.526. The maximum Gasteiger partial charge on any atom is 0.0826 e. The average Bonchev–Trinajstić information content (AvgIpc) is 3.40. The van der Waals surface area contributed by atoms with Crippen molar-refractivity contribution in [3.05, 3.63) is 47.8 Å². The lowest BCUT2D eigenvalue weighted by Gasteiger charge is -2.33. The summed E-state index contributed by atoms with van der Waals surface area (Å²) < 4.78 is 7.86. The van der Waals surface area contributed by atoms with Crippen LogP contribution in [0, 0.1) is 6.92 Å². The Hall–Kier alpha value is -1.69. The minimum Gasteiger partial charge on any atom is -0.374 e. The van der Waals surface area contributed by atoms with Crippen LogP contribution in [0.5, 0.6) is 0 Å². The molecule has 0 radical (unpaired) electrons. The number of ether oxygens (including phenoxy) is 1. The summed E-state index contributed by atoms with van der Waals surface area (Å²) in [5.74, 6) is 0. The van der Waals surface area contributed by atoms with Gasteiger partial charge in [0.05, 0.1) is 24.1 Å². The summed E-state index contributed by atoms with van der Waals surface area (Å²) in [5.41, 5.74) is 3.42. The Balaban J connectivity index is 1.30. The van der Waals surface area contributed by atoms with Crippen molar-refractivity contribution in [2.75, 3.05) is 26.2 Å². The monoisotopic (exact) mass is 326 g/mol. The summed E-state index contributed by atoms with van der Waals surface area (Å²) in [5, 5.41) is 8.18. The molecule has 2 aliphatic rings. The lowest BCUT2D eigenvalue weighted by Crippen LogP contribution is -2.47. The second-order valence-electron chi connectivity index (χ2n) is 6.87. The van der Waals surface area contributed by atoms with Gasteiger partial charge in [0.15, 0.2) is 0 Å². The number of hydrogen-bond donors (Lipinski definition) is 1. The molecular formula is C19H26N4O. The highest BCUT2D eigenvalue weighted by Gasteiger charge is 2.32. The van der Waals surface area contributed by atoms with Crippen LogP contribution < -0.4 is 5.32 Å². The number of nitrogens with zero attached hydrogens (tertiary/aromatic N) is 3. The summed E-state index contributed by atoms with van der Waals surface area (Å²) in [6.45, 7) is 6.85. The van der Waals surface area contributed by atoms with Crippen molar-refractivity contribution in [1.82, 2.24) is 20.0 Å². The van der Waals surface area contributed by atoms with Gasteiger partial charge in [-0.1, -0.05) is 18.2 Å². The highest BCUT2D eigenvalue weighted by atomic mass is 16.5. The molecule has 1 N–H and O–H groups in total. The van der Waals surface area contributed by atoms with Gasteiger partial charge in [-0.05, 0) is 31.9 Å². The SMILES string of the molecule is Cc1nn(-c2ccccc2)cc1CNC[C@H]1CN(C2CC2)CCO1. The van der Waals surface area contributed by atoms with Gasteiger partial charge < -0.3 is 10.1 Å². The summed E-state index contributed by atoms with van der Waals surface area (Å²) in [7, 11) is 0. The molecule has 4 rings (SSSR count). The van der Waals surface area contributed by atoms with E-state index in [2.05, 4.69) is 40.6 Å². The Morgan fingerprint density at radius 1 is 1.25 bits per heavy atom. The molecule has 2 aromatic rings. The van der Waals surface area contributed by atoms with E-state index in [1.165, 1.54) is 18.4 Å². The minimum absolute atomic E-state index is 0.309.